The first kappa shape index (κ1) is 16.1. The van der Waals surface area contributed by atoms with Crippen molar-refractivity contribution in [2.45, 2.75) is 25.3 Å². The van der Waals surface area contributed by atoms with E-state index in [1.807, 2.05) is 17.0 Å². The normalized spacial score (nSPS) is 21.5. The molecular weight excluding hydrogens is 390 g/mol. The number of benzene rings is 2. The Morgan fingerprint density at radius 2 is 2.08 bits per heavy atom. The van der Waals surface area contributed by atoms with Crippen molar-refractivity contribution in [3.63, 3.8) is 0 Å². The van der Waals surface area contributed by atoms with Crippen LogP contribution in [0.15, 0.2) is 46.9 Å². The summed E-state index contributed by atoms with van der Waals surface area (Å²) in [6.07, 6.45) is 1.85. The standard InChI is InChI=1S/C21H20BrN3O/c1-2-11-25-18-8-7-13(22)12-16(18)21(20(25)26)19-15(9-10-23-21)14-5-3-4-6-17(14)24-19/h3-8,12,23-24H,2,9-11H2,1H3. The summed E-state index contributed by atoms with van der Waals surface area (Å²) in [7, 11) is 0. The van der Waals surface area contributed by atoms with Crippen LogP contribution in [-0.4, -0.2) is 24.0 Å². The van der Waals surface area contributed by atoms with Crippen molar-refractivity contribution in [1.82, 2.24) is 10.3 Å². The third kappa shape index (κ3) is 1.96. The number of nitrogens with zero attached hydrogens (tertiary/aromatic N) is 1. The molecule has 1 atom stereocenters. The van der Waals surface area contributed by atoms with Crippen molar-refractivity contribution in [2.24, 2.45) is 0 Å². The van der Waals surface area contributed by atoms with E-state index in [4.69, 9.17) is 0 Å². The maximum Gasteiger partial charge on any atom is 0.258 e. The minimum Gasteiger partial charge on any atom is -0.356 e. The number of amides is 1. The summed E-state index contributed by atoms with van der Waals surface area (Å²) in [5.74, 6) is 0.125. The molecule has 1 spiro atoms. The average molecular weight is 410 g/mol. The predicted octanol–water partition coefficient (Wildman–Crippen LogP) is 4.08. The Bertz CT molecular complexity index is 1040. The highest BCUT2D eigenvalue weighted by molar-refractivity contribution is 9.10. The van der Waals surface area contributed by atoms with Gasteiger partial charge in [-0.2, -0.15) is 0 Å². The van der Waals surface area contributed by atoms with Crippen molar-refractivity contribution in [1.29, 1.82) is 0 Å². The maximum absolute atomic E-state index is 13.7. The van der Waals surface area contributed by atoms with Crippen molar-refractivity contribution in [2.75, 3.05) is 18.0 Å². The Morgan fingerprint density at radius 3 is 2.92 bits per heavy atom. The first-order valence-corrected chi connectivity index (χ1v) is 9.93. The Kier molecular flexibility index (Phi) is 3.52. The van der Waals surface area contributed by atoms with Gasteiger partial charge in [-0.1, -0.05) is 41.1 Å². The molecule has 2 aliphatic rings. The molecule has 0 aliphatic carbocycles. The average Bonchev–Trinajstić information content (AvgIpc) is 3.14. The van der Waals surface area contributed by atoms with E-state index in [0.717, 1.165) is 52.9 Å². The number of para-hydroxylation sites is 1. The number of anilines is 1. The molecule has 0 saturated carbocycles. The highest BCUT2D eigenvalue weighted by Crippen LogP contribution is 2.48. The SMILES string of the molecule is CCCN1C(=O)C2(NCCc3c2[nH]c2ccccc32)c2cc(Br)ccc21. The zero-order valence-electron chi connectivity index (χ0n) is 14.6. The predicted molar refractivity (Wildman–Crippen MR) is 108 cm³/mol. The first-order valence-electron chi connectivity index (χ1n) is 9.14. The van der Waals surface area contributed by atoms with Gasteiger partial charge < -0.3 is 9.88 Å². The zero-order chi connectivity index (χ0) is 17.9. The lowest BCUT2D eigenvalue weighted by atomic mass is 9.82. The Morgan fingerprint density at radius 1 is 1.23 bits per heavy atom. The van der Waals surface area contributed by atoms with Crippen LogP contribution in [0.5, 0.6) is 0 Å². The molecule has 3 heterocycles. The molecule has 0 bridgehead atoms. The topological polar surface area (TPSA) is 48.1 Å². The van der Waals surface area contributed by atoms with Crippen molar-refractivity contribution < 1.29 is 4.79 Å². The summed E-state index contributed by atoms with van der Waals surface area (Å²) in [5, 5.41) is 4.81. The van der Waals surface area contributed by atoms with Gasteiger partial charge in [0.15, 0.2) is 5.54 Å². The summed E-state index contributed by atoms with van der Waals surface area (Å²) in [4.78, 5) is 19.2. The fraction of sp³-hybridized carbons (Fsp3) is 0.286. The molecular formula is C21H20BrN3O. The van der Waals surface area contributed by atoms with Crippen molar-refractivity contribution in [3.8, 4) is 0 Å². The second-order valence-electron chi connectivity index (χ2n) is 7.07. The van der Waals surface area contributed by atoms with Crippen LogP contribution in [0.2, 0.25) is 0 Å². The van der Waals surface area contributed by atoms with E-state index in [9.17, 15) is 4.79 Å². The number of carbonyl (C=O) groups is 1. The number of halogens is 1. The van der Waals surface area contributed by atoms with Crippen LogP contribution >= 0.6 is 15.9 Å². The lowest BCUT2D eigenvalue weighted by Crippen LogP contribution is -2.55. The molecule has 132 valence electrons. The van der Waals surface area contributed by atoms with Gasteiger partial charge in [-0.15, -0.1) is 0 Å². The van der Waals surface area contributed by atoms with Gasteiger partial charge in [-0.3, -0.25) is 10.1 Å². The summed E-state index contributed by atoms with van der Waals surface area (Å²) in [6, 6.07) is 14.5. The second-order valence-corrected chi connectivity index (χ2v) is 7.98. The van der Waals surface area contributed by atoms with Gasteiger partial charge in [0.25, 0.3) is 5.91 Å². The first-order chi connectivity index (χ1) is 12.7. The fourth-order valence-electron chi connectivity index (χ4n) is 4.57. The molecule has 0 radical (unpaired) electrons. The minimum atomic E-state index is -0.819. The summed E-state index contributed by atoms with van der Waals surface area (Å²) in [5.41, 5.74) is 4.60. The van der Waals surface area contributed by atoms with Crippen molar-refractivity contribution >= 4 is 38.4 Å². The number of aromatic amines is 1. The van der Waals surface area contributed by atoms with Gasteiger partial charge in [0.1, 0.15) is 0 Å². The van der Waals surface area contributed by atoms with Gasteiger partial charge in [0.05, 0.1) is 5.69 Å². The van der Waals surface area contributed by atoms with Gasteiger partial charge in [0.2, 0.25) is 0 Å². The molecule has 2 aliphatic heterocycles. The molecule has 2 aromatic carbocycles. The van der Waals surface area contributed by atoms with E-state index >= 15 is 0 Å². The number of H-pyrrole nitrogens is 1. The van der Waals surface area contributed by atoms with E-state index < -0.39 is 5.54 Å². The van der Waals surface area contributed by atoms with Crippen molar-refractivity contribution in [3.05, 3.63) is 63.8 Å². The molecule has 26 heavy (non-hydrogen) atoms. The number of hydrogen-bond acceptors (Lipinski definition) is 2. The molecule has 2 N–H and O–H groups in total. The summed E-state index contributed by atoms with van der Waals surface area (Å²) < 4.78 is 0.992. The lowest BCUT2D eigenvalue weighted by Gasteiger charge is -2.34. The lowest BCUT2D eigenvalue weighted by molar-refractivity contribution is -0.123. The molecule has 0 fully saturated rings. The highest BCUT2D eigenvalue weighted by atomic mass is 79.9. The molecule has 5 rings (SSSR count). The van der Waals surface area contributed by atoms with Crippen LogP contribution in [0.1, 0.15) is 30.2 Å². The summed E-state index contributed by atoms with van der Waals surface area (Å²) >= 11 is 3.60. The van der Waals surface area contributed by atoms with E-state index in [0.29, 0.717) is 0 Å². The maximum atomic E-state index is 13.7. The molecule has 3 aromatic rings. The third-order valence-electron chi connectivity index (χ3n) is 5.62. The number of fused-ring (bicyclic) bond motifs is 6. The second kappa shape index (κ2) is 5.69. The van der Waals surface area contributed by atoms with Crippen LogP contribution in [0.3, 0.4) is 0 Å². The zero-order valence-corrected chi connectivity index (χ0v) is 16.2. The summed E-state index contributed by atoms with van der Waals surface area (Å²) in [6.45, 7) is 3.62. The van der Waals surface area contributed by atoms with Crippen LogP contribution < -0.4 is 10.2 Å². The Labute approximate surface area is 160 Å². The van der Waals surface area contributed by atoms with E-state index in [-0.39, 0.29) is 5.91 Å². The van der Waals surface area contributed by atoms with Crippen LogP contribution in [0, 0.1) is 0 Å². The van der Waals surface area contributed by atoms with E-state index in [2.05, 4.69) is 63.5 Å². The largest absolute Gasteiger partial charge is 0.356 e. The van der Waals surface area contributed by atoms with Crippen LogP contribution in [0.25, 0.3) is 10.9 Å². The monoisotopic (exact) mass is 409 g/mol. The number of aromatic nitrogens is 1. The van der Waals surface area contributed by atoms with Gasteiger partial charge in [-0.05, 0) is 42.7 Å². The fourth-order valence-corrected chi connectivity index (χ4v) is 4.93. The smallest absolute Gasteiger partial charge is 0.258 e. The van der Waals surface area contributed by atoms with Gasteiger partial charge in [-0.25, -0.2) is 0 Å². The molecule has 1 aromatic heterocycles. The Hall–Kier alpha value is -2.11. The number of rotatable bonds is 2. The molecule has 4 nitrogen and oxygen atoms in total. The number of hydrogen-bond donors (Lipinski definition) is 2. The molecule has 5 heteroatoms. The quantitative estimate of drug-likeness (QED) is 0.669. The molecule has 1 unspecified atom stereocenters. The number of carbonyl (C=O) groups excluding carboxylic acids is 1. The molecule has 0 saturated heterocycles. The van der Waals surface area contributed by atoms with Gasteiger partial charge in [0, 0.05) is 39.7 Å². The van der Waals surface area contributed by atoms with Crippen LogP contribution in [-0.2, 0) is 16.8 Å². The van der Waals surface area contributed by atoms with Crippen LogP contribution in [0.4, 0.5) is 5.69 Å². The number of nitrogens with one attached hydrogen (secondary N) is 2. The van der Waals surface area contributed by atoms with Gasteiger partial charge >= 0.3 is 0 Å². The minimum absolute atomic E-state index is 0.125. The highest BCUT2D eigenvalue weighted by Gasteiger charge is 2.55. The Balaban J connectivity index is 1.83. The molecule has 1 amide bonds. The van der Waals surface area contributed by atoms with E-state index in [1.54, 1.807) is 0 Å². The van der Waals surface area contributed by atoms with E-state index in [1.165, 1.54) is 10.9 Å². The third-order valence-corrected chi connectivity index (χ3v) is 6.11.